The Morgan fingerprint density at radius 2 is 1.50 bits per heavy atom. The summed E-state index contributed by atoms with van der Waals surface area (Å²) >= 11 is 0. The minimum atomic E-state index is -4.94. The SMILES string of the molecule is N#CC[n+]1ccccc1.[O-][Cl+3]([O-])([O-])[O-]. The molecular formula is C7H7ClN2O4. The summed E-state index contributed by atoms with van der Waals surface area (Å²) < 4.78 is 35.8. The largest absolute Gasteiger partial charge is 0.233 e. The normalized spacial score (nSPS) is 9.64. The van der Waals surface area contributed by atoms with Crippen molar-refractivity contribution in [3.05, 3.63) is 30.6 Å². The summed E-state index contributed by atoms with van der Waals surface area (Å²) in [5, 5.41) is 8.25. The van der Waals surface area contributed by atoms with Crippen LogP contribution in [0.3, 0.4) is 0 Å². The molecular weight excluding hydrogens is 212 g/mol. The van der Waals surface area contributed by atoms with Crippen LogP contribution in [0.2, 0.25) is 0 Å². The average Bonchev–Trinajstić information content (AvgIpc) is 2.03. The predicted octanol–water partition coefficient (Wildman–Crippen LogP) is -4.26. The Hall–Kier alpha value is -1.23. The molecule has 0 radical (unpaired) electrons. The molecule has 76 valence electrons. The van der Waals surface area contributed by atoms with Crippen molar-refractivity contribution in [2.45, 2.75) is 6.54 Å². The van der Waals surface area contributed by atoms with E-state index < -0.39 is 10.2 Å². The molecule has 0 bridgehead atoms. The molecule has 1 aromatic heterocycles. The third-order valence-electron chi connectivity index (χ3n) is 1.03. The van der Waals surface area contributed by atoms with Crippen LogP contribution in [0, 0.1) is 21.6 Å². The quantitative estimate of drug-likeness (QED) is 0.442. The van der Waals surface area contributed by atoms with Crippen LogP contribution < -0.4 is 23.2 Å². The molecule has 0 atom stereocenters. The first-order valence-corrected chi connectivity index (χ1v) is 4.59. The van der Waals surface area contributed by atoms with E-state index in [-0.39, 0.29) is 0 Å². The minimum Gasteiger partial charge on any atom is -0.222 e. The minimum absolute atomic E-state index is 0.431. The van der Waals surface area contributed by atoms with Gasteiger partial charge in [-0.2, -0.15) is 9.83 Å². The molecule has 0 N–H and O–H groups in total. The zero-order valence-corrected chi connectivity index (χ0v) is 7.76. The highest BCUT2D eigenvalue weighted by atomic mass is 35.7. The summed E-state index contributed by atoms with van der Waals surface area (Å²) in [6.07, 6.45) is 3.73. The third-order valence-corrected chi connectivity index (χ3v) is 1.03. The highest BCUT2D eigenvalue weighted by Gasteiger charge is 1.90. The maximum absolute atomic E-state index is 8.49. The number of rotatable bonds is 1. The van der Waals surface area contributed by atoms with E-state index in [1.165, 1.54) is 0 Å². The van der Waals surface area contributed by atoms with Crippen molar-refractivity contribution in [3.8, 4) is 6.07 Å². The van der Waals surface area contributed by atoms with Crippen LogP contribution in [0.5, 0.6) is 0 Å². The second-order valence-electron chi connectivity index (χ2n) is 2.08. The van der Waals surface area contributed by atoms with Crippen LogP contribution in [0.25, 0.3) is 0 Å². The smallest absolute Gasteiger partial charge is 0.222 e. The van der Waals surface area contributed by atoms with E-state index in [2.05, 4.69) is 0 Å². The molecule has 1 aromatic rings. The number of halogens is 1. The predicted molar refractivity (Wildman–Crippen MR) is 32.2 cm³/mol. The van der Waals surface area contributed by atoms with Gasteiger partial charge in [0.05, 0.1) is 0 Å². The molecule has 0 aliphatic heterocycles. The molecule has 0 saturated carbocycles. The van der Waals surface area contributed by atoms with Gasteiger partial charge >= 0.3 is 0 Å². The van der Waals surface area contributed by atoms with Crippen molar-refractivity contribution < 1.29 is 33.4 Å². The van der Waals surface area contributed by atoms with Crippen molar-refractivity contribution in [3.63, 3.8) is 0 Å². The topological polar surface area (TPSA) is 120 Å². The number of hydrogen-bond acceptors (Lipinski definition) is 5. The van der Waals surface area contributed by atoms with E-state index >= 15 is 0 Å². The number of aromatic nitrogens is 1. The van der Waals surface area contributed by atoms with Crippen molar-refractivity contribution in [2.75, 3.05) is 0 Å². The van der Waals surface area contributed by atoms with E-state index in [4.69, 9.17) is 23.9 Å². The number of nitrogens with zero attached hydrogens (tertiary/aromatic N) is 2. The molecule has 14 heavy (non-hydrogen) atoms. The molecule has 1 rings (SSSR count). The van der Waals surface area contributed by atoms with Gasteiger partial charge in [-0.05, 0) is 0 Å². The first-order chi connectivity index (χ1) is 6.43. The average molecular weight is 219 g/mol. The maximum Gasteiger partial charge on any atom is 0.233 e. The molecule has 0 saturated heterocycles. The van der Waals surface area contributed by atoms with Gasteiger partial charge < -0.3 is 0 Å². The summed E-state index contributed by atoms with van der Waals surface area (Å²) in [4.78, 5) is 0. The third kappa shape index (κ3) is 10.8. The molecule has 0 spiro atoms. The Balaban J connectivity index is 0.000000292. The molecule has 0 fully saturated rings. The zero-order chi connectivity index (χ0) is 11.0. The molecule has 6 nitrogen and oxygen atoms in total. The Bertz CT molecular complexity index is 287. The maximum atomic E-state index is 8.49. The summed E-state index contributed by atoms with van der Waals surface area (Å²) in [5.74, 6) is 0. The highest BCUT2D eigenvalue weighted by Crippen LogP contribution is 1.74. The van der Waals surface area contributed by atoms with E-state index in [0.29, 0.717) is 6.54 Å². The lowest BCUT2D eigenvalue weighted by Crippen LogP contribution is -2.68. The van der Waals surface area contributed by atoms with Crippen LogP contribution in [0.15, 0.2) is 30.6 Å². The summed E-state index contributed by atoms with van der Waals surface area (Å²) in [7, 11) is -4.94. The van der Waals surface area contributed by atoms with Gasteiger partial charge in [0.2, 0.25) is 6.54 Å². The molecule has 0 aliphatic rings. The van der Waals surface area contributed by atoms with Gasteiger partial charge in [0.25, 0.3) is 0 Å². The van der Waals surface area contributed by atoms with Crippen LogP contribution in [-0.4, -0.2) is 0 Å². The van der Waals surface area contributed by atoms with Gasteiger partial charge in [0.1, 0.15) is 6.07 Å². The van der Waals surface area contributed by atoms with Crippen molar-refractivity contribution in [1.29, 1.82) is 5.26 Å². The summed E-state index contributed by atoms with van der Waals surface area (Å²) in [6.45, 7) is 0.431. The lowest BCUT2D eigenvalue weighted by molar-refractivity contribution is -2.00. The van der Waals surface area contributed by atoms with Crippen molar-refractivity contribution >= 4 is 0 Å². The Labute approximate surface area is 82.6 Å². The zero-order valence-electron chi connectivity index (χ0n) is 7.00. The van der Waals surface area contributed by atoms with E-state index in [1.807, 2.05) is 41.2 Å². The fourth-order valence-corrected chi connectivity index (χ4v) is 0.621. The monoisotopic (exact) mass is 218 g/mol. The number of pyridine rings is 1. The van der Waals surface area contributed by atoms with Crippen LogP contribution in [-0.2, 0) is 6.54 Å². The lowest BCUT2D eigenvalue weighted by Gasteiger charge is -2.17. The van der Waals surface area contributed by atoms with E-state index in [0.717, 1.165) is 0 Å². The van der Waals surface area contributed by atoms with Crippen molar-refractivity contribution in [2.24, 2.45) is 0 Å². The van der Waals surface area contributed by atoms with Crippen LogP contribution in [0.1, 0.15) is 0 Å². The molecule has 1 heterocycles. The fraction of sp³-hybridized carbons (Fsp3) is 0.143. The first kappa shape index (κ1) is 12.8. The van der Waals surface area contributed by atoms with E-state index in [1.54, 1.807) is 0 Å². The van der Waals surface area contributed by atoms with Gasteiger partial charge in [-0.15, -0.1) is 10.2 Å². The Morgan fingerprint density at radius 1 is 1.07 bits per heavy atom. The number of hydrogen-bond donors (Lipinski definition) is 0. The van der Waals surface area contributed by atoms with Crippen LogP contribution in [0.4, 0.5) is 0 Å². The Morgan fingerprint density at radius 3 is 1.86 bits per heavy atom. The highest BCUT2D eigenvalue weighted by molar-refractivity contribution is 4.84. The second-order valence-corrected chi connectivity index (χ2v) is 2.84. The Kier molecular flexibility index (Phi) is 5.71. The standard InChI is InChI=1S/C7H7N2.ClHO4/c8-4-7-9-5-2-1-3-6-9;2-1(3,4)5/h1-3,5-6H,7H2;(H,2,3,4,5)/q+1;/p-1. The molecule has 0 amide bonds. The lowest BCUT2D eigenvalue weighted by atomic mass is 10.5. The van der Waals surface area contributed by atoms with Gasteiger partial charge in [-0.25, -0.2) is 18.6 Å². The van der Waals surface area contributed by atoms with Crippen LogP contribution >= 0.6 is 0 Å². The van der Waals surface area contributed by atoms with Gasteiger partial charge in [-0.1, -0.05) is 6.07 Å². The number of nitriles is 1. The molecule has 7 heteroatoms. The molecule has 0 aliphatic carbocycles. The molecule has 0 unspecified atom stereocenters. The molecule has 0 aromatic carbocycles. The fourth-order valence-electron chi connectivity index (χ4n) is 0.621. The van der Waals surface area contributed by atoms with Gasteiger partial charge in [0, 0.05) is 12.1 Å². The van der Waals surface area contributed by atoms with Gasteiger partial charge in [0.15, 0.2) is 12.4 Å². The van der Waals surface area contributed by atoms with Crippen molar-refractivity contribution in [1.82, 2.24) is 0 Å². The second kappa shape index (κ2) is 6.26. The summed E-state index contributed by atoms with van der Waals surface area (Å²) in [6, 6.07) is 7.77. The van der Waals surface area contributed by atoms with E-state index in [9.17, 15) is 0 Å². The first-order valence-electron chi connectivity index (χ1n) is 3.36. The van der Waals surface area contributed by atoms with Gasteiger partial charge in [-0.3, -0.25) is 0 Å². The summed E-state index contributed by atoms with van der Waals surface area (Å²) in [5.41, 5.74) is 0.